The molecule has 1 aromatic heterocycles. The molecule has 0 bridgehead atoms. The van der Waals surface area contributed by atoms with Crippen LogP contribution in [0.15, 0.2) is 72.8 Å². The van der Waals surface area contributed by atoms with Gasteiger partial charge in [-0.3, -0.25) is 0 Å². The number of nitrogens with zero attached hydrogens (tertiary/aromatic N) is 1. The van der Waals surface area contributed by atoms with E-state index in [1.54, 1.807) is 18.2 Å². The zero-order valence-electron chi connectivity index (χ0n) is 19.9. The van der Waals surface area contributed by atoms with Crippen molar-refractivity contribution in [2.75, 3.05) is 7.11 Å². The van der Waals surface area contributed by atoms with Crippen LogP contribution < -0.4 is 9.47 Å². The number of alkyl halides is 2. The van der Waals surface area contributed by atoms with Gasteiger partial charge in [-0.05, 0) is 73.5 Å². The van der Waals surface area contributed by atoms with E-state index in [9.17, 15) is 18.0 Å². The van der Waals surface area contributed by atoms with Crippen LogP contribution in [0, 0.1) is 19.7 Å². The van der Waals surface area contributed by atoms with Gasteiger partial charge < -0.3 is 18.8 Å². The molecule has 0 radical (unpaired) electrons. The Morgan fingerprint density at radius 2 is 1.69 bits per heavy atom. The van der Waals surface area contributed by atoms with Gasteiger partial charge in [0.25, 0.3) is 0 Å². The first-order chi connectivity index (χ1) is 17.3. The molecule has 0 atom stereocenters. The van der Waals surface area contributed by atoms with E-state index in [0.717, 1.165) is 28.1 Å². The Balaban J connectivity index is 1.78. The topological polar surface area (TPSA) is 49.7 Å². The summed E-state index contributed by atoms with van der Waals surface area (Å²) >= 11 is 0. The van der Waals surface area contributed by atoms with Crippen LogP contribution in [0.25, 0.3) is 16.9 Å². The molecule has 3 aromatic carbocycles. The van der Waals surface area contributed by atoms with Crippen LogP contribution in [0.3, 0.4) is 0 Å². The molecule has 8 heteroatoms. The van der Waals surface area contributed by atoms with Crippen molar-refractivity contribution in [2.45, 2.75) is 27.1 Å². The molecule has 4 rings (SSSR count). The highest BCUT2D eigenvalue weighted by Crippen LogP contribution is 2.37. The highest BCUT2D eigenvalue weighted by atomic mass is 19.3. The largest absolute Gasteiger partial charge is 0.488 e. The molecular weight excluding hydrogens is 471 g/mol. The van der Waals surface area contributed by atoms with E-state index in [4.69, 9.17) is 9.47 Å². The summed E-state index contributed by atoms with van der Waals surface area (Å²) in [7, 11) is 1.17. The smallest absolute Gasteiger partial charge is 0.387 e. The monoisotopic (exact) mass is 495 g/mol. The summed E-state index contributed by atoms with van der Waals surface area (Å²) in [6, 6.07) is 20.0. The van der Waals surface area contributed by atoms with Gasteiger partial charge in [0.2, 0.25) is 0 Å². The summed E-state index contributed by atoms with van der Waals surface area (Å²) in [6.45, 7) is 0.993. The number of hydrogen-bond acceptors (Lipinski definition) is 4. The summed E-state index contributed by atoms with van der Waals surface area (Å²) in [5, 5.41) is 0. The van der Waals surface area contributed by atoms with E-state index in [-0.39, 0.29) is 23.7 Å². The number of rotatable bonds is 8. The number of benzene rings is 3. The molecule has 0 spiro atoms. The average Bonchev–Trinajstić information content (AvgIpc) is 3.23. The molecule has 0 aliphatic rings. The van der Waals surface area contributed by atoms with Gasteiger partial charge in [0.15, 0.2) is 0 Å². The highest BCUT2D eigenvalue weighted by molar-refractivity contribution is 5.93. The standard InChI is InChI=1S/C28H24F3NO4/c1-17-5-4-6-25(35-16-19-8-10-20(29)11-9-19)26(17)23-13-7-18(2)32(23)21-12-14-24(36-28(30)31)22(15-21)27(33)34-3/h4-15,28H,16H2,1-3H3. The van der Waals surface area contributed by atoms with Gasteiger partial charge in [0.05, 0.1) is 12.8 Å². The second-order valence-electron chi connectivity index (χ2n) is 8.11. The fourth-order valence-electron chi connectivity index (χ4n) is 4.03. The fourth-order valence-corrected chi connectivity index (χ4v) is 4.03. The molecule has 0 unspecified atom stereocenters. The second-order valence-corrected chi connectivity index (χ2v) is 8.11. The normalized spacial score (nSPS) is 11.0. The SMILES string of the molecule is COC(=O)c1cc(-n2c(C)ccc2-c2c(C)cccc2OCc2ccc(F)cc2)ccc1OC(F)F. The molecule has 0 saturated heterocycles. The first-order valence-electron chi connectivity index (χ1n) is 11.1. The summed E-state index contributed by atoms with van der Waals surface area (Å²) < 4.78 is 56.4. The zero-order chi connectivity index (χ0) is 25.8. The molecule has 4 aromatic rings. The molecular formula is C28H24F3NO4. The quantitative estimate of drug-likeness (QED) is 0.251. The minimum atomic E-state index is -3.09. The Hall–Kier alpha value is -4.20. The maximum atomic E-state index is 13.3. The fraction of sp³-hybridized carbons (Fsp3) is 0.179. The van der Waals surface area contributed by atoms with Gasteiger partial charge in [0.1, 0.15) is 29.5 Å². The third-order valence-electron chi connectivity index (χ3n) is 5.72. The molecule has 1 heterocycles. The number of carbonyl (C=O) groups excluding carboxylic acids is 1. The highest BCUT2D eigenvalue weighted by Gasteiger charge is 2.21. The number of halogens is 3. The lowest BCUT2D eigenvalue weighted by molar-refractivity contribution is -0.0504. The third-order valence-corrected chi connectivity index (χ3v) is 5.72. The second kappa shape index (κ2) is 10.6. The lowest BCUT2D eigenvalue weighted by Crippen LogP contribution is -2.11. The van der Waals surface area contributed by atoms with Crippen LogP contribution in [-0.2, 0) is 11.3 Å². The number of carbonyl (C=O) groups is 1. The number of aryl methyl sites for hydroxylation is 2. The van der Waals surface area contributed by atoms with E-state index >= 15 is 0 Å². The summed E-state index contributed by atoms with van der Waals surface area (Å²) in [5.41, 5.74) is 4.63. The van der Waals surface area contributed by atoms with Crippen LogP contribution in [-0.4, -0.2) is 24.3 Å². The number of esters is 1. The minimum absolute atomic E-state index is 0.119. The van der Waals surface area contributed by atoms with Crippen LogP contribution in [0.5, 0.6) is 11.5 Å². The Morgan fingerprint density at radius 1 is 0.944 bits per heavy atom. The molecule has 36 heavy (non-hydrogen) atoms. The van der Waals surface area contributed by atoms with Crippen molar-refractivity contribution < 1.29 is 32.2 Å². The molecule has 0 saturated carbocycles. The summed E-state index contributed by atoms with van der Waals surface area (Å²) in [4.78, 5) is 12.3. The van der Waals surface area contributed by atoms with E-state index in [1.807, 2.05) is 48.7 Å². The van der Waals surface area contributed by atoms with E-state index < -0.39 is 12.6 Å². The van der Waals surface area contributed by atoms with Gasteiger partial charge in [-0.2, -0.15) is 8.78 Å². The molecule has 0 amide bonds. The van der Waals surface area contributed by atoms with Crippen molar-refractivity contribution in [3.05, 3.63) is 101 Å². The van der Waals surface area contributed by atoms with Gasteiger partial charge in [-0.25, -0.2) is 9.18 Å². The first kappa shape index (κ1) is 24.9. The van der Waals surface area contributed by atoms with Crippen molar-refractivity contribution in [3.8, 4) is 28.4 Å². The van der Waals surface area contributed by atoms with Gasteiger partial charge in [-0.15, -0.1) is 0 Å². The van der Waals surface area contributed by atoms with Crippen LogP contribution >= 0.6 is 0 Å². The first-order valence-corrected chi connectivity index (χ1v) is 11.1. The zero-order valence-corrected chi connectivity index (χ0v) is 19.9. The van der Waals surface area contributed by atoms with Gasteiger partial charge >= 0.3 is 12.6 Å². The van der Waals surface area contributed by atoms with Gasteiger partial charge in [0, 0.05) is 16.9 Å². The number of methoxy groups -OCH3 is 1. The van der Waals surface area contributed by atoms with Crippen molar-refractivity contribution in [2.24, 2.45) is 0 Å². The Morgan fingerprint density at radius 3 is 2.39 bits per heavy atom. The summed E-state index contributed by atoms with van der Waals surface area (Å²) in [6.07, 6.45) is 0. The lowest BCUT2D eigenvalue weighted by Gasteiger charge is -2.19. The van der Waals surface area contributed by atoms with E-state index in [1.165, 1.54) is 31.4 Å². The van der Waals surface area contributed by atoms with Crippen molar-refractivity contribution in [1.82, 2.24) is 4.57 Å². The Bertz CT molecular complexity index is 1380. The van der Waals surface area contributed by atoms with Crippen molar-refractivity contribution in [1.29, 1.82) is 0 Å². The van der Waals surface area contributed by atoms with E-state index in [0.29, 0.717) is 11.4 Å². The molecule has 0 aliphatic heterocycles. The molecule has 0 aliphatic carbocycles. The van der Waals surface area contributed by atoms with Gasteiger partial charge in [-0.1, -0.05) is 24.3 Å². The Labute approximate surface area is 206 Å². The van der Waals surface area contributed by atoms with E-state index in [2.05, 4.69) is 4.74 Å². The lowest BCUT2D eigenvalue weighted by atomic mass is 10.0. The third kappa shape index (κ3) is 5.22. The molecule has 5 nitrogen and oxygen atoms in total. The molecule has 0 N–H and O–H groups in total. The maximum Gasteiger partial charge on any atom is 0.387 e. The predicted molar refractivity (Wildman–Crippen MR) is 129 cm³/mol. The van der Waals surface area contributed by atoms with Crippen LogP contribution in [0.4, 0.5) is 13.2 Å². The maximum absolute atomic E-state index is 13.3. The van der Waals surface area contributed by atoms with Crippen LogP contribution in [0.2, 0.25) is 0 Å². The minimum Gasteiger partial charge on any atom is -0.488 e. The van der Waals surface area contributed by atoms with Crippen LogP contribution in [0.1, 0.15) is 27.2 Å². The molecule has 0 fully saturated rings. The molecule has 186 valence electrons. The average molecular weight is 495 g/mol. The number of ether oxygens (including phenoxy) is 3. The summed E-state index contributed by atoms with van der Waals surface area (Å²) in [5.74, 6) is -0.770. The van der Waals surface area contributed by atoms with Crippen molar-refractivity contribution in [3.63, 3.8) is 0 Å². The number of hydrogen-bond donors (Lipinski definition) is 0. The Kier molecular flexibility index (Phi) is 7.33. The van der Waals surface area contributed by atoms with Crippen molar-refractivity contribution >= 4 is 5.97 Å². The predicted octanol–water partition coefficient (Wildman–Crippen LogP) is 6.87. The number of aromatic nitrogens is 1.